The number of carbonyl (C=O) groups excluding carboxylic acids is 1. The summed E-state index contributed by atoms with van der Waals surface area (Å²) >= 11 is 0. The first-order chi connectivity index (χ1) is 8.99. The van der Waals surface area contributed by atoms with Gasteiger partial charge < -0.3 is 15.3 Å². The van der Waals surface area contributed by atoms with E-state index < -0.39 is 17.4 Å². The van der Waals surface area contributed by atoms with Gasteiger partial charge in [-0.05, 0) is 38.1 Å². The lowest BCUT2D eigenvalue weighted by atomic mass is 9.74. The van der Waals surface area contributed by atoms with Gasteiger partial charge in [-0.25, -0.2) is 4.79 Å². The highest BCUT2D eigenvalue weighted by Crippen LogP contribution is 2.37. The zero-order valence-electron chi connectivity index (χ0n) is 11.8. The highest BCUT2D eigenvalue weighted by molar-refractivity contribution is 5.88. The third-order valence-corrected chi connectivity index (χ3v) is 4.77. The van der Waals surface area contributed by atoms with E-state index in [1.807, 2.05) is 0 Å². The van der Waals surface area contributed by atoms with Crippen LogP contribution in [-0.4, -0.2) is 47.6 Å². The van der Waals surface area contributed by atoms with Crippen molar-refractivity contribution in [2.75, 3.05) is 19.6 Å². The number of nitrogens with zero attached hydrogens (tertiary/aromatic N) is 1. The zero-order chi connectivity index (χ0) is 14.0. The zero-order valence-corrected chi connectivity index (χ0v) is 11.8. The number of rotatable bonds is 3. The van der Waals surface area contributed by atoms with Gasteiger partial charge in [0.05, 0.1) is 5.41 Å². The molecule has 0 aromatic rings. The second kappa shape index (κ2) is 5.49. The minimum Gasteiger partial charge on any atom is -0.480 e. The predicted octanol–water partition coefficient (Wildman–Crippen LogP) is 1.09. The van der Waals surface area contributed by atoms with Crippen molar-refractivity contribution in [1.29, 1.82) is 0 Å². The molecule has 2 saturated heterocycles. The molecule has 5 nitrogen and oxygen atoms in total. The molecule has 0 spiro atoms. The molecule has 2 aliphatic heterocycles. The lowest BCUT2D eigenvalue weighted by Crippen LogP contribution is -2.55. The molecular formula is C14H24N2O3. The molecule has 2 N–H and O–H groups in total. The Morgan fingerprint density at radius 1 is 1.37 bits per heavy atom. The van der Waals surface area contributed by atoms with Crippen LogP contribution >= 0.6 is 0 Å². The Morgan fingerprint density at radius 3 is 2.63 bits per heavy atom. The Morgan fingerprint density at radius 2 is 2.11 bits per heavy atom. The average molecular weight is 268 g/mol. The standard InChI is InChI=1S/C14H24N2O3/c1-10(2)14(6-7-15-9-14)13(19)16-8-4-3-5-11(16)12(17)18/h10-11,15H,3-9H2,1-2H3,(H,17,18)/t11-,14?/m1/s1. The molecule has 2 heterocycles. The van der Waals surface area contributed by atoms with E-state index in [2.05, 4.69) is 19.2 Å². The van der Waals surface area contributed by atoms with E-state index in [-0.39, 0.29) is 11.8 Å². The summed E-state index contributed by atoms with van der Waals surface area (Å²) in [6, 6.07) is -0.627. The van der Waals surface area contributed by atoms with Gasteiger partial charge in [0.15, 0.2) is 0 Å². The van der Waals surface area contributed by atoms with E-state index >= 15 is 0 Å². The number of amides is 1. The van der Waals surface area contributed by atoms with Crippen molar-refractivity contribution in [3.05, 3.63) is 0 Å². The largest absolute Gasteiger partial charge is 0.480 e. The van der Waals surface area contributed by atoms with Gasteiger partial charge in [0.2, 0.25) is 5.91 Å². The maximum Gasteiger partial charge on any atom is 0.326 e. The van der Waals surface area contributed by atoms with Crippen LogP contribution in [0, 0.1) is 11.3 Å². The Bertz CT molecular complexity index is 362. The van der Waals surface area contributed by atoms with Gasteiger partial charge in [0, 0.05) is 13.1 Å². The highest BCUT2D eigenvalue weighted by Gasteiger charge is 2.48. The Labute approximate surface area is 114 Å². The van der Waals surface area contributed by atoms with Gasteiger partial charge in [-0.3, -0.25) is 4.79 Å². The summed E-state index contributed by atoms with van der Waals surface area (Å²) in [4.78, 5) is 25.9. The summed E-state index contributed by atoms with van der Waals surface area (Å²) in [5.41, 5.74) is -0.412. The summed E-state index contributed by atoms with van der Waals surface area (Å²) in [5.74, 6) is -0.594. The van der Waals surface area contributed by atoms with Crippen LogP contribution in [0.1, 0.15) is 39.5 Å². The summed E-state index contributed by atoms with van der Waals surface area (Å²) in [7, 11) is 0. The molecule has 1 amide bonds. The van der Waals surface area contributed by atoms with Crippen LogP contribution < -0.4 is 5.32 Å². The SMILES string of the molecule is CC(C)C1(C(=O)N2CCCC[C@@H]2C(=O)O)CCNC1. The smallest absolute Gasteiger partial charge is 0.326 e. The molecule has 2 rings (SSSR count). The first-order valence-corrected chi connectivity index (χ1v) is 7.23. The fraction of sp³-hybridized carbons (Fsp3) is 0.857. The number of piperidine rings is 1. The average Bonchev–Trinajstić information content (AvgIpc) is 2.88. The number of hydrogen-bond acceptors (Lipinski definition) is 3. The maximum atomic E-state index is 12.9. The number of hydrogen-bond donors (Lipinski definition) is 2. The van der Waals surface area contributed by atoms with Crippen molar-refractivity contribution in [3.8, 4) is 0 Å². The van der Waals surface area contributed by atoms with E-state index in [1.54, 1.807) is 4.90 Å². The normalized spacial score (nSPS) is 31.7. The van der Waals surface area contributed by atoms with E-state index in [1.165, 1.54) is 0 Å². The number of likely N-dealkylation sites (tertiary alicyclic amines) is 1. The molecule has 19 heavy (non-hydrogen) atoms. The van der Waals surface area contributed by atoms with Gasteiger partial charge in [0.25, 0.3) is 0 Å². The molecule has 108 valence electrons. The number of aliphatic carboxylic acids is 1. The van der Waals surface area contributed by atoms with Gasteiger partial charge in [-0.1, -0.05) is 13.8 Å². The van der Waals surface area contributed by atoms with Crippen LogP contribution in [0.3, 0.4) is 0 Å². The molecule has 0 saturated carbocycles. The van der Waals surface area contributed by atoms with Gasteiger partial charge >= 0.3 is 5.97 Å². The van der Waals surface area contributed by atoms with Crippen LogP contribution in [0.2, 0.25) is 0 Å². The second-order valence-corrected chi connectivity index (χ2v) is 6.09. The van der Waals surface area contributed by atoms with Crippen molar-refractivity contribution in [1.82, 2.24) is 10.2 Å². The van der Waals surface area contributed by atoms with Crippen molar-refractivity contribution < 1.29 is 14.7 Å². The molecular weight excluding hydrogens is 244 g/mol. The molecule has 0 radical (unpaired) electrons. The summed E-state index contributed by atoms with van der Waals surface area (Å²) in [5, 5.41) is 12.6. The molecule has 0 aromatic heterocycles. The fourth-order valence-corrected chi connectivity index (χ4v) is 3.35. The molecule has 0 aromatic carbocycles. The van der Waals surface area contributed by atoms with E-state index in [4.69, 9.17) is 0 Å². The number of carboxylic acids is 1. The van der Waals surface area contributed by atoms with Gasteiger partial charge in [-0.15, -0.1) is 0 Å². The van der Waals surface area contributed by atoms with E-state index in [0.717, 1.165) is 25.8 Å². The second-order valence-electron chi connectivity index (χ2n) is 6.09. The fourth-order valence-electron chi connectivity index (χ4n) is 3.35. The van der Waals surface area contributed by atoms with Gasteiger partial charge in [0.1, 0.15) is 6.04 Å². The Kier molecular flexibility index (Phi) is 4.13. The van der Waals surface area contributed by atoms with E-state index in [9.17, 15) is 14.7 Å². The molecule has 0 aliphatic carbocycles. The van der Waals surface area contributed by atoms with Crippen molar-refractivity contribution in [2.24, 2.45) is 11.3 Å². The first kappa shape index (κ1) is 14.3. The predicted molar refractivity (Wildman–Crippen MR) is 71.7 cm³/mol. The molecule has 0 bridgehead atoms. The van der Waals surface area contributed by atoms with Crippen molar-refractivity contribution in [3.63, 3.8) is 0 Å². The van der Waals surface area contributed by atoms with Gasteiger partial charge in [-0.2, -0.15) is 0 Å². The van der Waals surface area contributed by atoms with Crippen LogP contribution in [0.15, 0.2) is 0 Å². The topological polar surface area (TPSA) is 69.6 Å². The summed E-state index contributed by atoms with van der Waals surface area (Å²) in [6.45, 7) is 6.22. The minimum atomic E-state index is -0.863. The third kappa shape index (κ3) is 2.48. The summed E-state index contributed by atoms with van der Waals surface area (Å²) in [6.07, 6.45) is 3.21. The lowest BCUT2D eigenvalue weighted by Gasteiger charge is -2.41. The lowest BCUT2D eigenvalue weighted by molar-refractivity contribution is -0.158. The number of carbonyl (C=O) groups is 2. The third-order valence-electron chi connectivity index (χ3n) is 4.77. The van der Waals surface area contributed by atoms with Crippen molar-refractivity contribution in [2.45, 2.75) is 45.6 Å². The molecule has 2 aliphatic rings. The maximum absolute atomic E-state index is 12.9. The van der Waals surface area contributed by atoms with Crippen LogP contribution in [0.5, 0.6) is 0 Å². The Balaban J connectivity index is 2.23. The first-order valence-electron chi connectivity index (χ1n) is 7.23. The van der Waals surface area contributed by atoms with Crippen LogP contribution in [-0.2, 0) is 9.59 Å². The minimum absolute atomic E-state index is 0.0413. The highest BCUT2D eigenvalue weighted by atomic mass is 16.4. The number of nitrogens with one attached hydrogen (secondary N) is 1. The molecule has 1 unspecified atom stereocenters. The number of carboxylic acid groups (broad SMARTS) is 1. The summed E-state index contributed by atoms with van der Waals surface area (Å²) < 4.78 is 0. The monoisotopic (exact) mass is 268 g/mol. The van der Waals surface area contributed by atoms with Crippen LogP contribution in [0.4, 0.5) is 0 Å². The quantitative estimate of drug-likeness (QED) is 0.804. The molecule has 2 fully saturated rings. The Hall–Kier alpha value is -1.10. The molecule has 2 atom stereocenters. The van der Waals surface area contributed by atoms with Crippen molar-refractivity contribution >= 4 is 11.9 Å². The van der Waals surface area contributed by atoms with Crippen LogP contribution in [0.25, 0.3) is 0 Å². The molecule has 5 heteroatoms. The van der Waals surface area contributed by atoms with E-state index in [0.29, 0.717) is 19.5 Å².